The molecule has 2 aromatic rings. The second-order valence-electron chi connectivity index (χ2n) is 4.67. The summed E-state index contributed by atoms with van der Waals surface area (Å²) in [5, 5.41) is 6.30. The van der Waals surface area contributed by atoms with Crippen LogP contribution in [0.1, 0.15) is 5.56 Å². The molecular formula is C17H17FN2O4. The largest absolute Gasteiger partial charge is 0.497 e. The van der Waals surface area contributed by atoms with E-state index in [1.807, 2.05) is 0 Å². The van der Waals surface area contributed by atoms with Gasteiger partial charge < -0.3 is 19.6 Å². The second-order valence-corrected chi connectivity index (χ2v) is 4.67. The quantitative estimate of drug-likeness (QED) is 0.625. The van der Waals surface area contributed by atoms with Gasteiger partial charge in [0, 0.05) is 11.3 Å². The zero-order valence-electron chi connectivity index (χ0n) is 13.3. The van der Waals surface area contributed by atoms with Gasteiger partial charge in [0.15, 0.2) is 6.61 Å². The number of halogens is 1. The maximum Gasteiger partial charge on any atom is 0.265 e. The maximum absolute atomic E-state index is 12.8. The molecule has 0 heterocycles. The number of benzene rings is 2. The molecular weight excluding hydrogens is 315 g/mol. The molecule has 0 spiro atoms. The first-order valence-electron chi connectivity index (χ1n) is 7.05. The standard InChI is InChI=1S/C17H17FN2O4/c1-22-15-7-8-16(23-2)12(9-15)10-19-24-11-17(21)20-14-5-3-13(18)4-6-14/h3-10H,11H2,1-2H3,(H,20,21). The predicted octanol–water partition coefficient (Wildman–Crippen LogP) is 2.83. The van der Waals surface area contributed by atoms with E-state index in [2.05, 4.69) is 10.5 Å². The number of oxime groups is 1. The molecule has 0 aromatic heterocycles. The number of nitrogens with zero attached hydrogens (tertiary/aromatic N) is 1. The van der Waals surface area contributed by atoms with Crippen molar-refractivity contribution in [1.29, 1.82) is 0 Å². The van der Waals surface area contributed by atoms with Crippen molar-refractivity contribution < 1.29 is 23.5 Å². The fourth-order valence-electron chi connectivity index (χ4n) is 1.86. The van der Waals surface area contributed by atoms with Crippen LogP contribution in [-0.2, 0) is 9.63 Å². The molecule has 0 radical (unpaired) electrons. The lowest BCUT2D eigenvalue weighted by Gasteiger charge is -2.07. The molecule has 7 heteroatoms. The van der Waals surface area contributed by atoms with Gasteiger partial charge in [-0.05, 0) is 42.5 Å². The van der Waals surface area contributed by atoms with Crippen molar-refractivity contribution in [3.05, 3.63) is 53.8 Å². The van der Waals surface area contributed by atoms with Crippen LogP contribution >= 0.6 is 0 Å². The van der Waals surface area contributed by atoms with E-state index >= 15 is 0 Å². The lowest BCUT2D eigenvalue weighted by molar-refractivity contribution is -0.120. The first-order chi connectivity index (χ1) is 11.6. The highest BCUT2D eigenvalue weighted by Crippen LogP contribution is 2.22. The first-order valence-corrected chi connectivity index (χ1v) is 7.05. The molecule has 0 aliphatic heterocycles. The summed E-state index contributed by atoms with van der Waals surface area (Å²) in [4.78, 5) is 16.6. The summed E-state index contributed by atoms with van der Waals surface area (Å²) in [6, 6.07) is 10.6. The summed E-state index contributed by atoms with van der Waals surface area (Å²) in [6.45, 7) is -0.278. The Morgan fingerprint density at radius 1 is 1.17 bits per heavy atom. The molecule has 0 saturated heterocycles. The molecule has 0 saturated carbocycles. The normalized spacial score (nSPS) is 10.5. The third-order valence-corrected chi connectivity index (χ3v) is 3.03. The zero-order valence-corrected chi connectivity index (χ0v) is 13.3. The molecule has 0 fully saturated rings. The van der Waals surface area contributed by atoms with E-state index in [-0.39, 0.29) is 12.4 Å². The van der Waals surface area contributed by atoms with Gasteiger partial charge in [0.25, 0.3) is 5.91 Å². The van der Waals surface area contributed by atoms with E-state index in [9.17, 15) is 9.18 Å². The lowest BCUT2D eigenvalue weighted by atomic mass is 10.2. The summed E-state index contributed by atoms with van der Waals surface area (Å²) in [7, 11) is 3.09. The predicted molar refractivity (Wildman–Crippen MR) is 88.1 cm³/mol. The van der Waals surface area contributed by atoms with Crippen molar-refractivity contribution in [3.8, 4) is 11.5 Å². The first kappa shape index (κ1) is 17.3. The molecule has 126 valence electrons. The topological polar surface area (TPSA) is 69.1 Å². The highest BCUT2D eigenvalue weighted by atomic mass is 19.1. The van der Waals surface area contributed by atoms with Crippen molar-refractivity contribution in [1.82, 2.24) is 0 Å². The number of nitrogens with one attached hydrogen (secondary N) is 1. The summed E-state index contributed by atoms with van der Waals surface area (Å²) < 4.78 is 23.1. The van der Waals surface area contributed by atoms with Gasteiger partial charge in [-0.25, -0.2) is 4.39 Å². The average Bonchev–Trinajstić information content (AvgIpc) is 2.60. The van der Waals surface area contributed by atoms with Crippen LogP contribution in [0.4, 0.5) is 10.1 Å². The number of methoxy groups -OCH3 is 2. The van der Waals surface area contributed by atoms with Gasteiger partial charge in [-0.1, -0.05) is 5.16 Å². The number of carbonyl (C=O) groups excluding carboxylic acids is 1. The van der Waals surface area contributed by atoms with Gasteiger partial charge >= 0.3 is 0 Å². The average molecular weight is 332 g/mol. The Hall–Kier alpha value is -3.09. The van der Waals surface area contributed by atoms with E-state index in [1.165, 1.54) is 37.6 Å². The number of hydrogen-bond acceptors (Lipinski definition) is 5. The van der Waals surface area contributed by atoms with Crippen molar-refractivity contribution in [2.75, 3.05) is 26.1 Å². The van der Waals surface area contributed by atoms with Gasteiger partial charge in [-0.2, -0.15) is 0 Å². The van der Waals surface area contributed by atoms with Crippen LogP contribution in [0.3, 0.4) is 0 Å². The maximum atomic E-state index is 12.8. The smallest absolute Gasteiger partial charge is 0.265 e. The van der Waals surface area contributed by atoms with E-state index in [1.54, 1.807) is 25.3 Å². The fourth-order valence-corrected chi connectivity index (χ4v) is 1.86. The molecule has 0 atom stereocenters. The van der Waals surface area contributed by atoms with Crippen LogP contribution < -0.4 is 14.8 Å². The van der Waals surface area contributed by atoms with E-state index < -0.39 is 5.91 Å². The third-order valence-electron chi connectivity index (χ3n) is 3.03. The van der Waals surface area contributed by atoms with E-state index in [0.29, 0.717) is 22.7 Å². The minimum Gasteiger partial charge on any atom is -0.497 e. The van der Waals surface area contributed by atoms with Crippen LogP contribution in [0.5, 0.6) is 11.5 Å². The Morgan fingerprint density at radius 2 is 1.92 bits per heavy atom. The van der Waals surface area contributed by atoms with Crippen molar-refractivity contribution in [2.24, 2.45) is 5.16 Å². The van der Waals surface area contributed by atoms with Crippen LogP contribution in [0.2, 0.25) is 0 Å². The molecule has 2 aromatic carbocycles. The van der Waals surface area contributed by atoms with Gasteiger partial charge in [0.1, 0.15) is 17.3 Å². The summed E-state index contributed by atoms with van der Waals surface area (Å²) in [5.41, 5.74) is 1.12. The van der Waals surface area contributed by atoms with Crippen molar-refractivity contribution in [2.45, 2.75) is 0 Å². The Labute approximate surface area is 138 Å². The zero-order chi connectivity index (χ0) is 17.4. The SMILES string of the molecule is COc1ccc(OC)c(C=NOCC(=O)Nc2ccc(F)cc2)c1. The number of rotatable bonds is 7. The lowest BCUT2D eigenvalue weighted by Crippen LogP contribution is -2.16. The summed E-state index contributed by atoms with van der Waals surface area (Å²) in [6.07, 6.45) is 1.42. The van der Waals surface area contributed by atoms with Crippen LogP contribution in [0.25, 0.3) is 0 Å². The van der Waals surface area contributed by atoms with Crippen molar-refractivity contribution >= 4 is 17.8 Å². The van der Waals surface area contributed by atoms with Crippen LogP contribution in [0.15, 0.2) is 47.6 Å². The fraction of sp³-hybridized carbons (Fsp3) is 0.176. The van der Waals surface area contributed by atoms with Gasteiger partial charge in [0.05, 0.1) is 20.4 Å². The molecule has 0 bridgehead atoms. The van der Waals surface area contributed by atoms with Gasteiger partial charge in [0.2, 0.25) is 0 Å². The Bertz CT molecular complexity index is 717. The Balaban J connectivity index is 1.88. The molecule has 0 unspecified atom stereocenters. The second kappa shape index (κ2) is 8.52. The minimum absolute atomic E-state index is 0.278. The summed E-state index contributed by atoms with van der Waals surface area (Å²) >= 11 is 0. The van der Waals surface area contributed by atoms with Crippen LogP contribution in [-0.4, -0.2) is 32.9 Å². The Kier molecular flexibility index (Phi) is 6.13. The minimum atomic E-state index is -0.406. The van der Waals surface area contributed by atoms with Crippen molar-refractivity contribution in [3.63, 3.8) is 0 Å². The number of amides is 1. The number of hydrogen-bond donors (Lipinski definition) is 1. The summed E-state index contributed by atoms with van der Waals surface area (Å²) in [5.74, 6) is 0.461. The highest BCUT2D eigenvalue weighted by molar-refractivity contribution is 5.91. The number of anilines is 1. The molecule has 0 aliphatic rings. The Morgan fingerprint density at radius 3 is 2.58 bits per heavy atom. The number of ether oxygens (including phenoxy) is 2. The van der Waals surface area contributed by atoms with Crippen LogP contribution in [0, 0.1) is 5.82 Å². The highest BCUT2D eigenvalue weighted by Gasteiger charge is 2.04. The molecule has 1 N–H and O–H groups in total. The molecule has 6 nitrogen and oxygen atoms in total. The van der Waals surface area contributed by atoms with E-state index in [4.69, 9.17) is 14.3 Å². The van der Waals surface area contributed by atoms with Gasteiger partial charge in [-0.15, -0.1) is 0 Å². The third kappa shape index (κ3) is 4.98. The molecule has 2 rings (SSSR count). The monoisotopic (exact) mass is 332 g/mol. The molecule has 24 heavy (non-hydrogen) atoms. The van der Waals surface area contributed by atoms with E-state index in [0.717, 1.165) is 0 Å². The van der Waals surface area contributed by atoms with Gasteiger partial charge in [-0.3, -0.25) is 4.79 Å². The molecule has 1 amide bonds. The number of carbonyl (C=O) groups is 1. The molecule has 0 aliphatic carbocycles.